The summed E-state index contributed by atoms with van der Waals surface area (Å²) in [6.45, 7) is -0.819. The van der Waals surface area contributed by atoms with Crippen molar-refractivity contribution in [1.82, 2.24) is 4.98 Å². The summed E-state index contributed by atoms with van der Waals surface area (Å²) in [5.41, 5.74) is -0.271. The topological polar surface area (TPSA) is 71.5 Å². The van der Waals surface area contributed by atoms with Crippen LogP contribution in [0, 0.1) is 0 Å². The van der Waals surface area contributed by atoms with Crippen LogP contribution >= 0.6 is 0 Å². The van der Waals surface area contributed by atoms with E-state index >= 15 is 0 Å². The van der Waals surface area contributed by atoms with E-state index in [1.807, 2.05) is 0 Å². The summed E-state index contributed by atoms with van der Waals surface area (Å²) in [4.78, 5) is 14.2. The molecule has 1 aromatic heterocycles. The zero-order valence-electron chi connectivity index (χ0n) is 8.28. The summed E-state index contributed by atoms with van der Waals surface area (Å²) >= 11 is 0. The van der Waals surface area contributed by atoms with Gasteiger partial charge in [0.05, 0.1) is 18.6 Å². The molecule has 0 atom stereocenters. The minimum Gasteiger partial charge on any atom is -0.545 e. The Hall–Kier alpha value is -1.92. The molecule has 0 saturated heterocycles. The number of aromatic nitrogens is 1. The number of methoxy groups -OCH3 is 1. The summed E-state index contributed by atoms with van der Waals surface area (Å²) in [7, 11) is 1.20. The van der Waals surface area contributed by atoms with Crippen molar-refractivity contribution < 1.29 is 28.2 Å². The van der Waals surface area contributed by atoms with Gasteiger partial charge < -0.3 is 19.4 Å². The summed E-state index contributed by atoms with van der Waals surface area (Å²) in [5, 5.41) is 10.6. The number of hydrogen-bond acceptors (Lipinski definition) is 5. The Morgan fingerprint density at radius 3 is 2.75 bits per heavy atom. The molecular weight excluding hydrogens is 224 g/mol. The van der Waals surface area contributed by atoms with Gasteiger partial charge in [0.25, 0.3) is 6.43 Å². The molecule has 0 fully saturated rings. The van der Waals surface area contributed by atoms with E-state index in [4.69, 9.17) is 0 Å². The fourth-order valence-electron chi connectivity index (χ4n) is 0.963. The Bertz CT molecular complexity index is 384. The quantitative estimate of drug-likeness (QED) is 0.719. The third kappa shape index (κ3) is 3.04. The predicted molar refractivity (Wildman–Crippen MR) is 46.6 cm³/mol. The van der Waals surface area contributed by atoms with Gasteiger partial charge in [-0.3, -0.25) is 0 Å². The highest BCUT2D eigenvalue weighted by atomic mass is 19.3. The average Bonchev–Trinajstić information content (AvgIpc) is 2.25. The second-order valence-electron chi connectivity index (χ2n) is 2.70. The molecule has 0 aliphatic carbocycles. The van der Waals surface area contributed by atoms with Crippen LogP contribution in [0.25, 0.3) is 0 Å². The molecule has 0 unspecified atom stereocenters. The third-order valence-corrected chi connectivity index (χ3v) is 1.61. The first-order chi connectivity index (χ1) is 7.54. The van der Waals surface area contributed by atoms with E-state index in [1.54, 1.807) is 0 Å². The Morgan fingerprint density at radius 1 is 1.56 bits per heavy atom. The summed E-state index contributed by atoms with van der Waals surface area (Å²) in [5.74, 6) is -1.85. The molecule has 0 aliphatic heterocycles. The van der Waals surface area contributed by atoms with Crippen molar-refractivity contribution in [3.63, 3.8) is 0 Å². The number of rotatable bonds is 5. The standard InChI is InChI=1S/C9H9F2NO4/c1-15-8-5(9(13)14)2-3-7(12-8)16-4-6(10)11/h2-3,6H,4H2,1H3,(H,13,14)/p-1. The average molecular weight is 232 g/mol. The van der Waals surface area contributed by atoms with Crippen LogP contribution in [-0.2, 0) is 0 Å². The van der Waals surface area contributed by atoms with E-state index in [2.05, 4.69) is 14.5 Å². The van der Waals surface area contributed by atoms with Gasteiger partial charge in [-0.15, -0.1) is 0 Å². The fourth-order valence-corrected chi connectivity index (χ4v) is 0.963. The van der Waals surface area contributed by atoms with Crippen LogP contribution in [0.2, 0.25) is 0 Å². The van der Waals surface area contributed by atoms with Gasteiger partial charge in [-0.1, -0.05) is 0 Å². The number of ether oxygens (including phenoxy) is 2. The van der Waals surface area contributed by atoms with Crippen molar-refractivity contribution in [2.45, 2.75) is 6.43 Å². The minimum absolute atomic E-state index is 0.137. The molecule has 0 aromatic carbocycles. The van der Waals surface area contributed by atoms with Gasteiger partial charge in [-0.05, 0) is 6.07 Å². The lowest BCUT2D eigenvalue weighted by atomic mass is 10.3. The maximum absolute atomic E-state index is 11.8. The van der Waals surface area contributed by atoms with Gasteiger partial charge in [0.1, 0.15) is 0 Å². The molecule has 0 radical (unpaired) electrons. The Morgan fingerprint density at radius 2 is 2.25 bits per heavy atom. The molecule has 0 aliphatic rings. The van der Waals surface area contributed by atoms with E-state index in [0.717, 1.165) is 12.1 Å². The Kier molecular flexibility index (Phi) is 3.98. The van der Waals surface area contributed by atoms with Crippen LogP contribution < -0.4 is 14.6 Å². The number of halogens is 2. The van der Waals surface area contributed by atoms with Crippen LogP contribution in [0.3, 0.4) is 0 Å². The molecule has 0 bridgehead atoms. The molecule has 0 amide bonds. The number of carboxylic acid groups (broad SMARTS) is 1. The lowest BCUT2D eigenvalue weighted by Gasteiger charge is -2.10. The lowest BCUT2D eigenvalue weighted by Crippen LogP contribution is -2.23. The van der Waals surface area contributed by atoms with Crippen molar-refractivity contribution in [2.24, 2.45) is 0 Å². The van der Waals surface area contributed by atoms with E-state index in [0.29, 0.717) is 0 Å². The monoisotopic (exact) mass is 232 g/mol. The fraction of sp³-hybridized carbons (Fsp3) is 0.333. The van der Waals surface area contributed by atoms with Gasteiger partial charge in [0.2, 0.25) is 11.8 Å². The summed E-state index contributed by atoms with van der Waals surface area (Å²) in [6.07, 6.45) is -2.63. The van der Waals surface area contributed by atoms with Gasteiger partial charge >= 0.3 is 0 Å². The molecule has 5 nitrogen and oxygen atoms in total. The molecule has 1 heterocycles. The predicted octanol–water partition coefficient (Wildman–Crippen LogP) is 0.0976. The SMILES string of the molecule is COc1nc(OCC(F)F)ccc1C(=O)[O-]. The molecule has 0 spiro atoms. The van der Waals surface area contributed by atoms with E-state index in [-0.39, 0.29) is 17.3 Å². The zero-order chi connectivity index (χ0) is 12.1. The molecule has 88 valence electrons. The van der Waals surface area contributed by atoms with Crippen LogP contribution in [0.15, 0.2) is 12.1 Å². The van der Waals surface area contributed by atoms with Crippen molar-refractivity contribution >= 4 is 5.97 Å². The number of carbonyl (C=O) groups excluding carboxylic acids is 1. The first-order valence-corrected chi connectivity index (χ1v) is 4.22. The maximum Gasteiger partial charge on any atom is 0.272 e. The number of hydrogen-bond donors (Lipinski definition) is 0. The van der Waals surface area contributed by atoms with Crippen molar-refractivity contribution in [3.05, 3.63) is 17.7 Å². The molecule has 16 heavy (non-hydrogen) atoms. The number of alkyl halides is 2. The highest BCUT2D eigenvalue weighted by molar-refractivity contribution is 5.88. The van der Waals surface area contributed by atoms with Gasteiger partial charge in [-0.2, -0.15) is 4.98 Å². The summed E-state index contributed by atoms with van der Waals surface area (Å²) < 4.78 is 32.9. The number of pyridine rings is 1. The number of carbonyl (C=O) groups is 1. The van der Waals surface area contributed by atoms with Crippen molar-refractivity contribution in [2.75, 3.05) is 13.7 Å². The van der Waals surface area contributed by atoms with Crippen LogP contribution in [-0.4, -0.2) is 31.1 Å². The maximum atomic E-state index is 11.8. The largest absolute Gasteiger partial charge is 0.545 e. The van der Waals surface area contributed by atoms with E-state index < -0.39 is 19.0 Å². The molecule has 1 rings (SSSR count). The zero-order valence-corrected chi connectivity index (χ0v) is 8.28. The Balaban J connectivity index is 2.86. The smallest absolute Gasteiger partial charge is 0.272 e. The normalized spacial score (nSPS) is 10.2. The van der Waals surface area contributed by atoms with Crippen molar-refractivity contribution in [3.8, 4) is 11.8 Å². The molecule has 7 heteroatoms. The lowest BCUT2D eigenvalue weighted by molar-refractivity contribution is -0.255. The highest BCUT2D eigenvalue weighted by Gasteiger charge is 2.09. The van der Waals surface area contributed by atoms with Gasteiger partial charge in [0.15, 0.2) is 6.61 Å². The van der Waals surface area contributed by atoms with Crippen LogP contribution in [0.5, 0.6) is 11.8 Å². The van der Waals surface area contributed by atoms with Gasteiger partial charge in [-0.25, -0.2) is 8.78 Å². The number of nitrogens with zero attached hydrogens (tertiary/aromatic N) is 1. The third-order valence-electron chi connectivity index (χ3n) is 1.61. The Labute approximate surface area is 89.6 Å². The molecular formula is C9H8F2NO4-. The molecule has 0 saturated carbocycles. The van der Waals surface area contributed by atoms with E-state index in [1.165, 1.54) is 7.11 Å². The number of carboxylic acids is 1. The first kappa shape index (κ1) is 12.2. The second-order valence-corrected chi connectivity index (χ2v) is 2.70. The van der Waals surface area contributed by atoms with Crippen LogP contribution in [0.4, 0.5) is 8.78 Å². The molecule has 0 N–H and O–H groups in total. The minimum atomic E-state index is -2.63. The van der Waals surface area contributed by atoms with Crippen molar-refractivity contribution in [1.29, 1.82) is 0 Å². The van der Waals surface area contributed by atoms with Gasteiger partial charge in [0, 0.05) is 6.07 Å². The number of aromatic carboxylic acids is 1. The second kappa shape index (κ2) is 5.24. The molecule has 1 aromatic rings. The van der Waals surface area contributed by atoms with E-state index in [9.17, 15) is 18.7 Å². The summed E-state index contributed by atoms with van der Waals surface area (Å²) in [6, 6.07) is 2.26. The first-order valence-electron chi connectivity index (χ1n) is 4.22. The van der Waals surface area contributed by atoms with Crippen LogP contribution in [0.1, 0.15) is 10.4 Å². The highest BCUT2D eigenvalue weighted by Crippen LogP contribution is 2.19.